The number of nitrogens with two attached hydrogens (primary N) is 1. The normalized spacial score (nSPS) is 10.3. The number of hydrogen-bond donors (Lipinski definition) is 3. The molecule has 0 aliphatic heterocycles. The highest BCUT2D eigenvalue weighted by molar-refractivity contribution is 9.11. The third kappa shape index (κ3) is 3.50. The van der Waals surface area contributed by atoms with Crippen LogP contribution in [0.3, 0.4) is 0 Å². The Morgan fingerprint density at radius 1 is 1.45 bits per heavy atom. The summed E-state index contributed by atoms with van der Waals surface area (Å²) in [5, 5.41) is 6.49. The summed E-state index contributed by atoms with van der Waals surface area (Å²) in [6.45, 7) is 2.68. The first-order valence-corrected chi connectivity index (χ1v) is 8.18. The Balaban J connectivity index is 2.19. The Morgan fingerprint density at radius 2 is 2.20 bits per heavy atom. The molecule has 1 aromatic carbocycles. The lowest BCUT2D eigenvalue weighted by Gasteiger charge is -2.06. The number of aromatic nitrogens is 1. The lowest BCUT2D eigenvalue weighted by Crippen LogP contribution is -2.12. The van der Waals surface area contributed by atoms with Crippen molar-refractivity contribution < 1.29 is 4.79 Å². The third-order valence-electron chi connectivity index (χ3n) is 2.37. The number of carbonyl (C=O) groups is 1. The van der Waals surface area contributed by atoms with Gasteiger partial charge in [0.15, 0.2) is 5.13 Å². The van der Waals surface area contributed by atoms with E-state index in [-0.39, 0.29) is 11.7 Å². The van der Waals surface area contributed by atoms with Gasteiger partial charge in [0.05, 0.1) is 5.69 Å². The average molecular weight is 420 g/mol. The maximum Gasteiger partial charge on any atom is 0.269 e. The lowest BCUT2D eigenvalue weighted by atomic mass is 10.3. The van der Waals surface area contributed by atoms with Crippen LogP contribution in [0.5, 0.6) is 0 Å². The van der Waals surface area contributed by atoms with Gasteiger partial charge in [0.2, 0.25) is 0 Å². The summed E-state index contributed by atoms with van der Waals surface area (Å²) in [5.41, 5.74) is 6.44. The van der Waals surface area contributed by atoms with Gasteiger partial charge >= 0.3 is 0 Å². The molecule has 106 valence electrons. The maximum atomic E-state index is 12.2. The molecule has 1 heterocycles. The van der Waals surface area contributed by atoms with Crippen molar-refractivity contribution in [2.75, 3.05) is 22.9 Å². The first-order chi connectivity index (χ1) is 9.51. The maximum absolute atomic E-state index is 12.2. The molecule has 0 aliphatic carbocycles. The highest BCUT2D eigenvalue weighted by Crippen LogP contribution is 2.29. The molecule has 0 bridgehead atoms. The summed E-state index contributed by atoms with van der Waals surface area (Å²) in [7, 11) is 0. The predicted octanol–water partition coefficient (Wildman–Crippen LogP) is 3.93. The fourth-order valence-electron chi connectivity index (χ4n) is 1.49. The topological polar surface area (TPSA) is 80.0 Å². The van der Waals surface area contributed by atoms with Crippen LogP contribution in [-0.4, -0.2) is 17.4 Å². The molecular formula is C12H12Br2N4OS. The van der Waals surface area contributed by atoms with Crippen molar-refractivity contribution in [3.8, 4) is 0 Å². The summed E-state index contributed by atoms with van der Waals surface area (Å²) in [6.07, 6.45) is 0. The number of nitrogens with zero attached hydrogens (tertiary/aromatic N) is 1. The van der Waals surface area contributed by atoms with Crippen molar-refractivity contribution in [2.45, 2.75) is 6.92 Å². The van der Waals surface area contributed by atoms with Gasteiger partial charge in [-0.15, -0.1) is 0 Å². The monoisotopic (exact) mass is 418 g/mol. The van der Waals surface area contributed by atoms with Crippen LogP contribution < -0.4 is 16.4 Å². The summed E-state index contributed by atoms with van der Waals surface area (Å²) in [5.74, 6) is -0.0381. The minimum atomic E-state index is -0.271. The Hall–Kier alpha value is -1.12. The molecule has 0 radical (unpaired) electrons. The molecule has 1 amide bonds. The molecule has 0 atom stereocenters. The van der Waals surface area contributed by atoms with E-state index in [4.69, 9.17) is 5.73 Å². The number of carbonyl (C=O) groups excluding carboxylic acids is 1. The molecule has 0 aliphatic rings. The molecule has 0 saturated carbocycles. The van der Waals surface area contributed by atoms with Crippen LogP contribution in [0.2, 0.25) is 0 Å². The fourth-order valence-corrected chi connectivity index (χ4v) is 3.49. The Labute approximate surface area is 137 Å². The van der Waals surface area contributed by atoms with Gasteiger partial charge in [-0.25, -0.2) is 4.98 Å². The van der Waals surface area contributed by atoms with Crippen molar-refractivity contribution >= 4 is 65.7 Å². The first kappa shape index (κ1) is 15.3. The van der Waals surface area contributed by atoms with Crippen LogP contribution in [0.1, 0.15) is 16.6 Å². The first-order valence-electron chi connectivity index (χ1n) is 5.77. The number of rotatable bonds is 4. The standard InChI is InChI=1S/C12H12Br2N4OS/c1-2-16-12-18-10(15)9(20-12)11(19)17-8-4-3-6(13)5-7(8)14/h3-5H,2,15H2,1H3,(H,16,18)(H,17,19). The molecule has 0 unspecified atom stereocenters. The number of nitrogens with one attached hydrogen (secondary N) is 2. The number of nitrogen functional groups attached to an aromatic ring is 1. The van der Waals surface area contributed by atoms with E-state index in [1.54, 1.807) is 6.07 Å². The summed E-state index contributed by atoms with van der Waals surface area (Å²) in [4.78, 5) is 16.7. The van der Waals surface area contributed by atoms with Crippen molar-refractivity contribution in [2.24, 2.45) is 0 Å². The molecule has 8 heteroatoms. The molecule has 20 heavy (non-hydrogen) atoms. The third-order valence-corrected chi connectivity index (χ3v) is 4.54. The molecule has 4 N–H and O–H groups in total. The van der Waals surface area contributed by atoms with E-state index in [9.17, 15) is 4.79 Å². The number of anilines is 3. The number of halogens is 2. The second-order valence-electron chi connectivity index (χ2n) is 3.84. The molecule has 0 saturated heterocycles. The van der Waals surface area contributed by atoms with Gasteiger partial charge in [-0.2, -0.15) is 0 Å². The Morgan fingerprint density at radius 3 is 2.85 bits per heavy atom. The van der Waals surface area contributed by atoms with Crippen molar-refractivity contribution in [1.29, 1.82) is 0 Å². The average Bonchev–Trinajstić information content (AvgIpc) is 2.74. The number of thiazole rings is 1. The largest absolute Gasteiger partial charge is 0.382 e. The van der Waals surface area contributed by atoms with E-state index < -0.39 is 0 Å². The number of amides is 1. The van der Waals surface area contributed by atoms with Gasteiger partial charge in [-0.1, -0.05) is 27.3 Å². The molecular weight excluding hydrogens is 408 g/mol. The van der Waals surface area contributed by atoms with E-state index in [0.717, 1.165) is 15.5 Å². The van der Waals surface area contributed by atoms with Crippen LogP contribution in [0.15, 0.2) is 27.1 Å². The fraction of sp³-hybridized carbons (Fsp3) is 0.167. The van der Waals surface area contributed by atoms with E-state index in [0.29, 0.717) is 15.7 Å². The van der Waals surface area contributed by atoms with Gasteiger partial charge in [-0.05, 0) is 41.1 Å². The quantitative estimate of drug-likeness (QED) is 0.701. The van der Waals surface area contributed by atoms with Gasteiger partial charge < -0.3 is 16.4 Å². The highest BCUT2D eigenvalue weighted by Gasteiger charge is 2.17. The van der Waals surface area contributed by atoms with Gasteiger partial charge in [-0.3, -0.25) is 4.79 Å². The van der Waals surface area contributed by atoms with Crippen molar-refractivity contribution in [1.82, 2.24) is 4.98 Å². The zero-order chi connectivity index (χ0) is 14.7. The molecule has 0 fully saturated rings. The van der Waals surface area contributed by atoms with Crippen LogP contribution >= 0.6 is 43.2 Å². The SMILES string of the molecule is CCNc1nc(N)c(C(=O)Nc2ccc(Br)cc2Br)s1. The Bertz CT molecular complexity index is 644. The van der Waals surface area contributed by atoms with Crippen molar-refractivity contribution in [3.63, 3.8) is 0 Å². The van der Waals surface area contributed by atoms with Gasteiger partial charge in [0.1, 0.15) is 10.7 Å². The minimum Gasteiger partial charge on any atom is -0.382 e. The van der Waals surface area contributed by atoms with Crippen LogP contribution in [-0.2, 0) is 0 Å². The zero-order valence-electron chi connectivity index (χ0n) is 10.5. The Kier molecular flexibility index (Phi) is 5.00. The van der Waals surface area contributed by atoms with E-state index >= 15 is 0 Å². The smallest absolute Gasteiger partial charge is 0.269 e. The van der Waals surface area contributed by atoms with E-state index in [2.05, 4.69) is 47.5 Å². The van der Waals surface area contributed by atoms with Crippen molar-refractivity contribution in [3.05, 3.63) is 32.0 Å². The zero-order valence-corrected chi connectivity index (χ0v) is 14.5. The molecule has 5 nitrogen and oxygen atoms in total. The number of benzene rings is 1. The summed E-state index contributed by atoms with van der Waals surface area (Å²) >= 11 is 7.99. The molecule has 2 aromatic rings. The minimum absolute atomic E-state index is 0.233. The predicted molar refractivity (Wildman–Crippen MR) is 90.5 cm³/mol. The van der Waals surface area contributed by atoms with Crippen LogP contribution in [0.25, 0.3) is 0 Å². The van der Waals surface area contributed by atoms with Crippen LogP contribution in [0, 0.1) is 0 Å². The van der Waals surface area contributed by atoms with Gasteiger partial charge in [0, 0.05) is 15.5 Å². The lowest BCUT2D eigenvalue weighted by molar-refractivity contribution is 0.103. The number of hydrogen-bond acceptors (Lipinski definition) is 5. The van der Waals surface area contributed by atoms with E-state index in [1.165, 1.54) is 11.3 Å². The van der Waals surface area contributed by atoms with Gasteiger partial charge in [0.25, 0.3) is 5.91 Å². The second-order valence-corrected chi connectivity index (χ2v) is 6.61. The molecule has 1 aromatic heterocycles. The van der Waals surface area contributed by atoms with Crippen LogP contribution in [0.4, 0.5) is 16.6 Å². The summed E-state index contributed by atoms with van der Waals surface area (Å²) < 4.78 is 1.71. The highest BCUT2D eigenvalue weighted by atomic mass is 79.9. The molecule has 2 rings (SSSR count). The molecule has 0 spiro atoms. The second kappa shape index (κ2) is 6.55. The summed E-state index contributed by atoms with van der Waals surface area (Å²) in [6, 6.07) is 5.50. The van der Waals surface area contributed by atoms with E-state index in [1.807, 2.05) is 19.1 Å².